The fourth-order valence-corrected chi connectivity index (χ4v) is 2.26. The number of halogens is 1. The van der Waals surface area contributed by atoms with Crippen LogP contribution in [0.3, 0.4) is 0 Å². The van der Waals surface area contributed by atoms with Crippen LogP contribution in [0.4, 0.5) is 15.8 Å². The Bertz CT molecular complexity index is 820. The van der Waals surface area contributed by atoms with Crippen molar-refractivity contribution in [3.8, 4) is 0 Å². The summed E-state index contributed by atoms with van der Waals surface area (Å²) in [5.74, 6) is -0.485. The number of rotatable bonds is 5. The van der Waals surface area contributed by atoms with E-state index in [4.69, 9.17) is 0 Å². The van der Waals surface area contributed by atoms with Gasteiger partial charge in [0.2, 0.25) is 0 Å². The van der Waals surface area contributed by atoms with Gasteiger partial charge in [0.25, 0.3) is 5.91 Å². The molecule has 0 aliphatic rings. The predicted octanol–water partition coefficient (Wildman–Crippen LogP) is 3.89. The second-order valence-corrected chi connectivity index (χ2v) is 5.22. The highest BCUT2D eigenvalue weighted by atomic mass is 19.1. The van der Waals surface area contributed by atoms with Gasteiger partial charge < -0.3 is 10.6 Å². The van der Waals surface area contributed by atoms with Gasteiger partial charge in [-0.05, 0) is 54.1 Å². The number of amides is 1. The Morgan fingerprint density at radius 1 is 0.958 bits per heavy atom. The van der Waals surface area contributed by atoms with Crippen molar-refractivity contribution in [3.05, 3.63) is 90.0 Å². The maximum absolute atomic E-state index is 13.0. The van der Waals surface area contributed by atoms with E-state index >= 15 is 0 Å². The molecule has 4 nitrogen and oxygen atoms in total. The van der Waals surface area contributed by atoms with Crippen molar-refractivity contribution < 1.29 is 9.18 Å². The van der Waals surface area contributed by atoms with E-state index in [1.54, 1.807) is 36.7 Å². The molecule has 3 aromatic rings. The maximum atomic E-state index is 13.0. The van der Waals surface area contributed by atoms with Gasteiger partial charge in [0, 0.05) is 24.6 Å². The molecule has 2 N–H and O–H groups in total. The zero-order chi connectivity index (χ0) is 16.8. The largest absolute Gasteiger partial charge is 0.355 e. The van der Waals surface area contributed by atoms with Crippen LogP contribution >= 0.6 is 0 Å². The molecule has 1 amide bonds. The van der Waals surface area contributed by atoms with Crippen molar-refractivity contribution in [2.45, 2.75) is 6.54 Å². The summed E-state index contributed by atoms with van der Waals surface area (Å²) in [6, 6.07) is 16.9. The molecule has 0 aliphatic heterocycles. The first-order chi connectivity index (χ1) is 11.7. The van der Waals surface area contributed by atoms with Crippen LogP contribution < -0.4 is 10.6 Å². The molecule has 120 valence electrons. The normalized spacial score (nSPS) is 10.2. The Morgan fingerprint density at radius 3 is 2.42 bits per heavy atom. The minimum atomic E-state index is -0.302. The highest BCUT2D eigenvalue weighted by Gasteiger charge is 2.11. The lowest BCUT2D eigenvalue weighted by Gasteiger charge is -2.12. The number of nitrogens with zero attached hydrogens (tertiary/aromatic N) is 1. The van der Waals surface area contributed by atoms with Gasteiger partial charge in [-0.1, -0.05) is 12.1 Å². The first-order valence-corrected chi connectivity index (χ1v) is 7.51. The number of nitrogens with one attached hydrogen (secondary N) is 2. The predicted molar refractivity (Wildman–Crippen MR) is 91.5 cm³/mol. The van der Waals surface area contributed by atoms with E-state index < -0.39 is 0 Å². The number of anilines is 2. The molecule has 1 aromatic heterocycles. The van der Waals surface area contributed by atoms with Crippen LogP contribution in [-0.4, -0.2) is 10.9 Å². The Kier molecular flexibility index (Phi) is 4.81. The topological polar surface area (TPSA) is 54.0 Å². The zero-order valence-electron chi connectivity index (χ0n) is 12.9. The molecule has 24 heavy (non-hydrogen) atoms. The highest BCUT2D eigenvalue weighted by molar-refractivity contribution is 6.00. The molecule has 0 saturated carbocycles. The quantitative estimate of drug-likeness (QED) is 0.749. The van der Waals surface area contributed by atoms with Gasteiger partial charge in [-0.15, -0.1) is 0 Å². The molecule has 0 bridgehead atoms. The van der Waals surface area contributed by atoms with Crippen LogP contribution in [0, 0.1) is 5.82 Å². The molecule has 0 radical (unpaired) electrons. The first-order valence-electron chi connectivity index (χ1n) is 7.51. The van der Waals surface area contributed by atoms with Gasteiger partial charge in [-0.3, -0.25) is 9.78 Å². The van der Waals surface area contributed by atoms with Crippen LogP contribution in [-0.2, 0) is 6.54 Å². The highest BCUT2D eigenvalue weighted by Crippen LogP contribution is 2.21. The van der Waals surface area contributed by atoms with E-state index in [0.717, 1.165) is 5.56 Å². The van der Waals surface area contributed by atoms with Crippen molar-refractivity contribution in [1.29, 1.82) is 0 Å². The third-order valence-electron chi connectivity index (χ3n) is 3.50. The molecular weight excluding hydrogens is 305 g/mol. The molecule has 0 unspecified atom stereocenters. The van der Waals surface area contributed by atoms with Gasteiger partial charge in [-0.2, -0.15) is 0 Å². The van der Waals surface area contributed by atoms with E-state index in [9.17, 15) is 9.18 Å². The van der Waals surface area contributed by atoms with Gasteiger partial charge in [0.15, 0.2) is 0 Å². The van der Waals surface area contributed by atoms with Gasteiger partial charge in [-0.25, -0.2) is 4.39 Å². The summed E-state index contributed by atoms with van der Waals surface area (Å²) in [5, 5.41) is 6.03. The number of hydrogen-bond acceptors (Lipinski definition) is 3. The monoisotopic (exact) mass is 321 g/mol. The van der Waals surface area contributed by atoms with Crippen LogP contribution in [0.2, 0.25) is 0 Å². The molecule has 0 saturated heterocycles. The van der Waals surface area contributed by atoms with Crippen molar-refractivity contribution in [3.63, 3.8) is 0 Å². The molecule has 0 fully saturated rings. The number of benzene rings is 2. The molecular formula is C19H16FN3O. The lowest BCUT2D eigenvalue weighted by Crippen LogP contribution is -2.23. The van der Waals surface area contributed by atoms with Crippen LogP contribution in [0.5, 0.6) is 0 Å². The van der Waals surface area contributed by atoms with E-state index in [1.807, 2.05) is 24.3 Å². The van der Waals surface area contributed by atoms with E-state index in [-0.39, 0.29) is 11.7 Å². The summed E-state index contributed by atoms with van der Waals surface area (Å²) < 4.78 is 13.0. The zero-order valence-corrected chi connectivity index (χ0v) is 12.9. The minimum absolute atomic E-state index is 0.183. The Balaban J connectivity index is 1.73. The SMILES string of the molecule is O=C(NCc1ccncc1)c1ccccc1Nc1ccc(F)cc1. The summed E-state index contributed by atoms with van der Waals surface area (Å²) in [4.78, 5) is 16.4. The molecule has 0 atom stereocenters. The third kappa shape index (κ3) is 3.95. The summed E-state index contributed by atoms with van der Waals surface area (Å²) in [6.45, 7) is 0.423. The van der Waals surface area contributed by atoms with E-state index in [2.05, 4.69) is 15.6 Å². The maximum Gasteiger partial charge on any atom is 0.253 e. The van der Waals surface area contributed by atoms with Crippen molar-refractivity contribution in [2.75, 3.05) is 5.32 Å². The number of hydrogen-bond donors (Lipinski definition) is 2. The Labute approximate surface area is 139 Å². The molecule has 5 heteroatoms. The number of para-hydroxylation sites is 1. The molecule has 0 spiro atoms. The standard InChI is InChI=1S/C19H16FN3O/c20-15-5-7-16(8-6-15)23-18-4-2-1-3-17(18)19(24)22-13-14-9-11-21-12-10-14/h1-12,23H,13H2,(H,22,24). The number of carbonyl (C=O) groups excluding carboxylic acids is 1. The smallest absolute Gasteiger partial charge is 0.253 e. The summed E-state index contributed by atoms with van der Waals surface area (Å²) in [6.07, 6.45) is 3.37. The van der Waals surface area contributed by atoms with Crippen LogP contribution in [0.1, 0.15) is 15.9 Å². The van der Waals surface area contributed by atoms with Crippen LogP contribution in [0.25, 0.3) is 0 Å². The van der Waals surface area contributed by atoms with Crippen molar-refractivity contribution in [2.24, 2.45) is 0 Å². The lowest BCUT2D eigenvalue weighted by molar-refractivity contribution is 0.0951. The second kappa shape index (κ2) is 7.37. The Morgan fingerprint density at radius 2 is 1.67 bits per heavy atom. The average Bonchev–Trinajstić information content (AvgIpc) is 2.63. The summed E-state index contributed by atoms with van der Waals surface area (Å²) in [7, 11) is 0. The number of pyridine rings is 1. The van der Waals surface area contributed by atoms with Crippen molar-refractivity contribution >= 4 is 17.3 Å². The number of carbonyl (C=O) groups is 1. The molecule has 3 rings (SSSR count). The third-order valence-corrected chi connectivity index (χ3v) is 3.50. The number of aromatic nitrogens is 1. The van der Waals surface area contributed by atoms with Crippen LogP contribution in [0.15, 0.2) is 73.1 Å². The van der Waals surface area contributed by atoms with E-state index in [1.165, 1.54) is 12.1 Å². The molecule has 1 heterocycles. The minimum Gasteiger partial charge on any atom is -0.355 e. The van der Waals surface area contributed by atoms with Gasteiger partial charge in [0.1, 0.15) is 5.82 Å². The second-order valence-electron chi connectivity index (χ2n) is 5.22. The lowest BCUT2D eigenvalue weighted by atomic mass is 10.1. The van der Waals surface area contributed by atoms with Crippen molar-refractivity contribution in [1.82, 2.24) is 10.3 Å². The summed E-state index contributed by atoms with van der Waals surface area (Å²) >= 11 is 0. The summed E-state index contributed by atoms with van der Waals surface area (Å²) in [5.41, 5.74) is 2.88. The first kappa shape index (κ1) is 15.7. The van der Waals surface area contributed by atoms with E-state index in [0.29, 0.717) is 23.5 Å². The molecule has 0 aliphatic carbocycles. The van der Waals surface area contributed by atoms with Gasteiger partial charge >= 0.3 is 0 Å². The van der Waals surface area contributed by atoms with Gasteiger partial charge in [0.05, 0.1) is 11.3 Å². The fourth-order valence-electron chi connectivity index (χ4n) is 2.26. The molecule has 2 aromatic carbocycles. The Hall–Kier alpha value is -3.21. The average molecular weight is 321 g/mol. The fraction of sp³-hybridized carbons (Fsp3) is 0.0526.